The molecule has 0 amide bonds. The minimum absolute atomic E-state index is 0.0539. The van der Waals surface area contributed by atoms with Crippen LogP contribution in [0.25, 0.3) is 86.9 Å². The van der Waals surface area contributed by atoms with Gasteiger partial charge in [0.1, 0.15) is 11.2 Å². The van der Waals surface area contributed by atoms with E-state index in [0.717, 1.165) is 50.0 Å². The Morgan fingerprint density at radius 2 is 1.03 bits per heavy atom. The Bertz CT molecular complexity index is 3530. The predicted molar refractivity (Wildman–Crippen MR) is 245 cm³/mol. The molecule has 0 fully saturated rings. The van der Waals surface area contributed by atoms with Crippen LogP contribution in [-0.4, -0.2) is 11.5 Å². The number of hydrogen-bond acceptors (Lipinski definition) is 2. The van der Waals surface area contributed by atoms with Gasteiger partial charge in [-0.25, -0.2) is 4.99 Å². The van der Waals surface area contributed by atoms with Gasteiger partial charge in [0.2, 0.25) is 0 Å². The smallest absolute Gasteiger partial charge is 0.154 e. The number of aliphatic imine (C=N–C) groups is 2. The topological polar surface area (TPSA) is 37.9 Å². The number of benzene rings is 10. The molecule has 272 valence electrons. The molecule has 1 atom stereocenters. The zero-order valence-corrected chi connectivity index (χ0v) is 31.9. The molecule has 3 heteroatoms. The third kappa shape index (κ3) is 5.00. The monoisotopic (exact) mass is 740 g/mol. The van der Waals surface area contributed by atoms with Crippen molar-refractivity contribution in [2.24, 2.45) is 9.98 Å². The van der Waals surface area contributed by atoms with Crippen LogP contribution in [-0.2, 0) is 6.54 Å². The van der Waals surface area contributed by atoms with Crippen LogP contribution in [0.3, 0.4) is 0 Å². The largest absolute Gasteiger partial charge is 0.456 e. The fourth-order valence-electron chi connectivity index (χ4n) is 9.73. The summed E-state index contributed by atoms with van der Waals surface area (Å²) in [5.74, 6) is 0.669. The molecule has 1 unspecified atom stereocenters. The second-order valence-corrected chi connectivity index (χ2v) is 15.6. The van der Waals surface area contributed by atoms with Crippen LogP contribution < -0.4 is 0 Å². The van der Waals surface area contributed by atoms with Crippen LogP contribution in [0.1, 0.15) is 35.1 Å². The number of hydrogen-bond donors (Lipinski definition) is 0. The van der Waals surface area contributed by atoms with Crippen molar-refractivity contribution < 1.29 is 4.42 Å². The summed E-state index contributed by atoms with van der Waals surface area (Å²) in [4.78, 5) is 10.9. The van der Waals surface area contributed by atoms with E-state index in [2.05, 4.69) is 177 Å². The first kappa shape index (κ1) is 32.8. The lowest BCUT2D eigenvalue weighted by molar-refractivity contribution is 0.668. The number of furan rings is 1. The van der Waals surface area contributed by atoms with Gasteiger partial charge < -0.3 is 4.42 Å². The van der Waals surface area contributed by atoms with E-state index in [0.29, 0.717) is 6.54 Å². The summed E-state index contributed by atoms with van der Waals surface area (Å²) in [6.07, 6.45) is 0. The molecule has 0 radical (unpaired) electrons. The number of fused-ring (bicyclic) bond motifs is 16. The standard InChI is InChI=1S/C55H36N2O/c1-33(57-55(38-24-23-35-12-2-3-14-37(35)31-38)56-32-34-22-26-44-43-19-10-11-21-49(43)58-50(44)30-34)51-47-27-25-36-13-4-5-15-39(36)52(47)54-48(51)29-28-46-42-18-7-6-16-40(42)41-17-8-9-20-45(41)53(46)54/h2-31,51H,32H2,1H3. The Kier molecular flexibility index (Phi) is 7.27. The summed E-state index contributed by atoms with van der Waals surface area (Å²) in [5, 5.41) is 14.8. The zero-order valence-electron chi connectivity index (χ0n) is 31.9. The molecule has 0 N–H and O–H groups in total. The summed E-state index contributed by atoms with van der Waals surface area (Å²) < 4.78 is 6.27. The summed E-state index contributed by atoms with van der Waals surface area (Å²) in [6.45, 7) is 2.66. The van der Waals surface area contributed by atoms with Gasteiger partial charge in [-0.15, -0.1) is 0 Å². The van der Waals surface area contributed by atoms with E-state index in [1.807, 2.05) is 12.1 Å². The summed E-state index contributed by atoms with van der Waals surface area (Å²) in [6, 6.07) is 65.7. The SMILES string of the molecule is CC(=NC(=NCc1ccc2c(c1)oc1ccccc12)c1ccc2ccccc2c1)C1c2ccc3ccccc3c2-c2c1ccc1c3ccccc3c3ccccc3c21. The Balaban J connectivity index is 1.07. The lowest BCUT2D eigenvalue weighted by Crippen LogP contribution is -2.12. The number of para-hydroxylation sites is 1. The maximum atomic E-state index is 6.27. The van der Waals surface area contributed by atoms with Gasteiger partial charge in [-0.3, -0.25) is 4.99 Å². The van der Waals surface area contributed by atoms with Gasteiger partial charge in [0.15, 0.2) is 5.84 Å². The van der Waals surface area contributed by atoms with Crippen LogP contribution in [0, 0.1) is 0 Å². The molecule has 1 aromatic heterocycles. The first-order valence-corrected chi connectivity index (χ1v) is 20.0. The van der Waals surface area contributed by atoms with Gasteiger partial charge in [0.05, 0.1) is 6.54 Å². The molecule has 58 heavy (non-hydrogen) atoms. The van der Waals surface area contributed by atoms with Crippen molar-refractivity contribution in [1.29, 1.82) is 0 Å². The van der Waals surface area contributed by atoms with Crippen molar-refractivity contribution in [3.63, 3.8) is 0 Å². The van der Waals surface area contributed by atoms with Crippen molar-refractivity contribution in [1.82, 2.24) is 0 Å². The normalized spacial score (nSPS) is 14.4. The molecule has 0 aliphatic heterocycles. The van der Waals surface area contributed by atoms with Gasteiger partial charge in [0, 0.05) is 28.0 Å². The first-order valence-electron chi connectivity index (χ1n) is 20.0. The number of rotatable bonds is 4. The molecule has 11 aromatic rings. The summed E-state index contributed by atoms with van der Waals surface area (Å²) >= 11 is 0. The minimum Gasteiger partial charge on any atom is -0.456 e. The Morgan fingerprint density at radius 3 is 1.84 bits per heavy atom. The average Bonchev–Trinajstić information content (AvgIpc) is 3.83. The molecule has 10 aromatic carbocycles. The molecule has 0 spiro atoms. The molecular weight excluding hydrogens is 705 g/mol. The molecule has 0 saturated heterocycles. The quantitative estimate of drug-likeness (QED) is 0.101. The van der Waals surface area contributed by atoms with E-state index < -0.39 is 0 Å². The highest BCUT2D eigenvalue weighted by Gasteiger charge is 2.34. The fourth-order valence-corrected chi connectivity index (χ4v) is 9.73. The van der Waals surface area contributed by atoms with Gasteiger partial charge in [-0.05, 0) is 107 Å². The van der Waals surface area contributed by atoms with Crippen LogP contribution in [0.5, 0.6) is 0 Å². The fraction of sp³-hybridized carbons (Fsp3) is 0.0545. The second kappa shape index (κ2) is 12.8. The molecule has 1 aliphatic carbocycles. The summed E-state index contributed by atoms with van der Waals surface area (Å²) in [7, 11) is 0. The Hall–Kier alpha value is -7.36. The average molecular weight is 741 g/mol. The van der Waals surface area contributed by atoms with Crippen LogP contribution in [0.15, 0.2) is 196 Å². The Morgan fingerprint density at radius 1 is 0.466 bits per heavy atom. The maximum Gasteiger partial charge on any atom is 0.154 e. The van der Waals surface area contributed by atoms with Crippen molar-refractivity contribution >= 4 is 87.3 Å². The van der Waals surface area contributed by atoms with Gasteiger partial charge in [0.25, 0.3) is 0 Å². The third-order valence-corrected chi connectivity index (χ3v) is 12.3. The van der Waals surface area contributed by atoms with Crippen LogP contribution in [0.4, 0.5) is 0 Å². The van der Waals surface area contributed by atoms with Gasteiger partial charge in [-0.1, -0.05) is 164 Å². The predicted octanol–water partition coefficient (Wildman–Crippen LogP) is 14.6. The van der Waals surface area contributed by atoms with E-state index in [1.54, 1.807) is 0 Å². The highest BCUT2D eigenvalue weighted by Crippen LogP contribution is 2.53. The summed E-state index contributed by atoms with van der Waals surface area (Å²) in [5.41, 5.74) is 10.0. The molecule has 1 aliphatic rings. The van der Waals surface area contributed by atoms with Crippen LogP contribution >= 0.6 is 0 Å². The molecule has 0 saturated carbocycles. The van der Waals surface area contributed by atoms with E-state index in [-0.39, 0.29) is 5.92 Å². The third-order valence-electron chi connectivity index (χ3n) is 12.3. The van der Waals surface area contributed by atoms with E-state index in [4.69, 9.17) is 14.4 Å². The molecule has 3 nitrogen and oxygen atoms in total. The molecule has 1 heterocycles. The minimum atomic E-state index is -0.0539. The van der Waals surface area contributed by atoms with Crippen molar-refractivity contribution in [2.45, 2.75) is 19.4 Å². The van der Waals surface area contributed by atoms with Crippen LogP contribution in [0.2, 0.25) is 0 Å². The highest BCUT2D eigenvalue weighted by molar-refractivity contribution is 6.31. The highest BCUT2D eigenvalue weighted by atomic mass is 16.3. The lowest BCUT2D eigenvalue weighted by atomic mass is 9.87. The van der Waals surface area contributed by atoms with E-state index in [1.165, 1.54) is 70.7 Å². The lowest BCUT2D eigenvalue weighted by Gasteiger charge is -2.17. The van der Waals surface area contributed by atoms with Crippen molar-refractivity contribution in [2.75, 3.05) is 0 Å². The van der Waals surface area contributed by atoms with E-state index in [9.17, 15) is 0 Å². The second-order valence-electron chi connectivity index (χ2n) is 15.6. The Labute approximate surface area is 335 Å². The number of amidine groups is 1. The molecule has 12 rings (SSSR count). The molecule has 0 bridgehead atoms. The van der Waals surface area contributed by atoms with Gasteiger partial charge in [-0.2, -0.15) is 0 Å². The van der Waals surface area contributed by atoms with Gasteiger partial charge >= 0.3 is 0 Å². The number of nitrogens with zero attached hydrogens (tertiary/aromatic N) is 2. The maximum absolute atomic E-state index is 6.27. The first-order chi connectivity index (χ1) is 28.7. The zero-order chi connectivity index (χ0) is 38.3. The van der Waals surface area contributed by atoms with Crippen molar-refractivity contribution in [3.05, 3.63) is 204 Å². The molecular formula is C55H36N2O. The van der Waals surface area contributed by atoms with E-state index >= 15 is 0 Å². The van der Waals surface area contributed by atoms with Crippen molar-refractivity contribution in [3.8, 4) is 11.1 Å².